The summed E-state index contributed by atoms with van der Waals surface area (Å²) in [6.45, 7) is 0.379. The number of carbonyl (C=O) groups excluding carboxylic acids is 2. The van der Waals surface area contributed by atoms with E-state index in [0.717, 1.165) is 25.7 Å². The molecule has 0 aromatic heterocycles. The van der Waals surface area contributed by atoms with Gasteiger partial charge in [-0.05, 0) is 37.1 Å². The van der Waals surface area contributed by atoms with Crippen LogP contribution in [0, 0.1) is 0 Å². The fourth-order valence-electron chi connectivity index (χ4n) is 2.83. The van der Waals surface area contributed by atoms with Gasteiger partial charge in [0.2, 0.25) is 5.91 Å². The van der Waals surface area contributed by atoms with E-state index >= 15 is 0 Å². The summed E-state index contributed by atoms with van der Waals surface area (Å²) in [6.07, 6.45) is 3.75. The molecule has 1 aromatic carbocycles. The summed E-state index contributed by atoms with van der Waals surface area (Å²) in [5.74, 6) is -1.96. The zero-order chi connectivity index (χ0) is 17.1. The highest BCUT2D eigenvalue weighted by molar-refractivity contribution is 7.92. The van der Waals surface area contributed by atoms with Crippen LogP contribution in [0.1, 0.15) is 36.0 Å². The maximum absolute atomic E-state index is 12.3. The zero-order valence-corrected chi connectivity index (χ0v) is 14.8. The lowest BCUT2D eigenvalue weighted by Gasteiger charge is -2.28. The van der Waals surface area contributed by atoms with Gasteiger partial charge in [0.15, 0.2) is 9.84 Å². The molecule has 5 N–H and O–H groups in total. The van der Waals surface area contributed by atoms with Crippen LogP contribution in [0.5, 0.6) is 0 Å². The van der Waals surface area contributed by atoms with Crippen molar-refractivity contribution in [3.8, 4) is 0 Å². The summed E-state index contributed by atoms with van der Waals surface area (Å²) in [4.78, 5) is 23.1. The Hall–Kier alpha value is -1.64. The maximum atomic E-state index is 12.3. The summed E-state index contributed by atoms with van der Waals surface area (Å²) in [7, 11) is -3.77. The van der Waals surface area contributed by atoms with E-state index in [1.54, 1.807) is 0 Å². The molecule has 0 radical (unpaired) electrons. The van der Waals surface area contributed by atoms with Gasteiger partial charge in [0.05, 0.1) is 10.4 Å². The van der Waals surface area contributed by atoms with Gasteiger partial charge in [-0.15, -0.1) is 12.4 Å². The fourth-order valence-corrected chi connectivity index (χ4v) is 3.92. The molecule has 1 saturated carbocycles. The number of sulfone groups is 1. The highest BCUT2D eigenvalue weighted by atomic mass is 35.5. The first kappa shape index (κ1) is 20.4. The van der Waals surface area contributed by atoms with Crippen LogP contribution in [0.4, 0.5) is 0 Å². The van der Waals surface area contributed by atoms with E-state index in [9.17, 15) is 18.0 Å². The average molecular weight is 376 g/mol. The third kappa shape index (κ3) is 4.68. The standard InChI is InChI=1S/C15H21N3O4S.ClH/c16-10-15(7-1-2-8-15)18-14(20)11-3-5-12(6-4-11)23(21,22)9-13(17)19;/h3-6H,1-2,7-10,16H2,(H2,17,19)(H,18,20);1H. The van der Waals surface area contributed by atoms with E-state index in [1.807, 2.05) is 0 Å². The highest BCUT2D eigenvalue weighted by Gasteiger charge is 2.34. The van der Waals surface area contributed by atoms with Gasteiger partial charge in [-0.25, -0.2) is 8.42 Å². The predicted molar refractivity (Wildman–Crippen MR) is 92.7 cm³/mol. The summed E-state index contributed by atoms with van der Waals surface area (Å²) >= 11 is 0. The Balaban J connectivity index is 0.00000288. The predicted octanol–water partition coefficient (Wildman–Crippen LogP) is 0.369. The molecule has 0 aliphatic heterocycles. The Morgan fingerprint density at radius 1 is 1.12 bits per heavy atom. The van der Waals surface area contributed by atoms with Crippen LogP contribution in [0.3, 0.4) is 0 Å². The molecular weight excluding hydrogens is 354 g/mol. The second kappa shape index (κ2) is 7.96. The van der Waals surface area contributed by atoms with Crippen molar-refractivity contribution in [1.29, 1.82) is 0 Å². The molecule has 2 rings (SSSR count). The van der Waals surface area contributed by atoms with Crippen molar-refractivity contribution >= 4 is 34.1 Å². The van der Waals surface area contributed by atoms with Crippen LogP contribution in [0.2, 0.25) is 0 Å². The molecule has 0 atom stereocenters. The lowest BCUT2D eigenvalue weighted by molar-refractivity contribution is -0.115. The van der Waals surface area contributed by atoms with Crippen LogP contribution in [0.15, 0.2) is 29.2 Å². The number of amides is 2. The summed E-state index contributed by atoms with van der Waals surface area (Å²) in [5, 5.41) is 2.96. The Labute approximate surface area is 147 Å². The lowest BCUT2D eigenvalue weighted by atomic mass is 9.97. The molecule has 134 valence electrons. The summed E-state index contributed by atoms with van der Waals surface area (Å²) < 4.78 is 23.8. The highest BCUT2D eigenvalue weighted by Crippen LogP contribution is 2.29. The van der Waals surface area contributed by atoms with Crippen molar-refractivity contribution in [3.05, 3.63) is 29.8 Å². The van der Waals surface area contributed by atoms with Gasteiger partial charge in [-0.2, -0.15) is 0 Å². The van der Waals surface area contributed by atoms with E-state index in [4.69, 9.17) is 11.5 Å². The molecule has 1 aliphatic rings. The Morgan fingerprint density at radius 2 is 1.67 bits per heavy atom. The molecule has 2 amide bonds. The second-order valence-electron chi connectivity index (χ2n) is 5.90. The molecule has 0 saturated heterocycles. The number of nitrogens with two attached hydrogens (primary N) is 2. The third-order valence-corrected chi connectivity index (χ3v) is 5.79. The number of primary amides is 1. The fraction of sp³-hybridized carbons (Fsp3) is 0.467. The minimum atomic E-state index is -3.77. The van der Waals surface area contributed by atoms with Crippen molar-refractivity contribution < 1.29 is 18.0 Å². The van der Waals surface area contributed by atoms with Crippen molar-refractivity contribution in [1.82, 2.24) is 5.32 Å². The van der Waals surface area contributed by atoms with Gasteiger partial charge in [0.1, 0.15) is 5.75 Å². The molecule has 1 aromatic rings. The van der Waals surface area contributed by atoms with Crippen LogP contribution < -0.4 is 16.8 Å². The minimum absolute atomic E-state index is 0. The Kier molecular flexibility index (Phi) is 6.76. The van der Waals surface area contributed by atoms with E-state index in [2.05, 4.69) is 5.32 Å². The van der Waals surface area contributed by atoms with Crippen molar-refractivity contribution in [2.75, 3.05) is 12.3 Å². The first-order valence-corrected chi connectivity index (χ1v) is 9.07. The monoisotopic (exact) mass is 375 g/mol. The molecule has 1 fully saturated rings. The smallest absolute Gasteiger partial charge is 0.251 e. The van der Waals surface area contributed by atoms with Crippen LogP contribution in [0.25, 0.3) is 0 Å². The minimum Gasteiger partial charge on any atom is -0.369 e. The van der Waals surface area contributed by atoms with E-state index in [1.165, 1.54) is 24.3 Å². The van der Waals surface area contributed by atoms with Crippen molar-refractivity contribution in [2.24, 2.45) is 11.5 Å². The number of carbonyl (C=O) groups is 2. The van der Waals surface area contributed by atoms with Gasteiger partial charge < -0.3 is 16.8 Å². The number of hydrogen-bond acceptors (Lipinski definition) is 5. The molecule has 7 nitrogen and oxygen atoms in total. The third-order valence-electron chi connectivity index (χ3n) is 4.14. The maximum Gasteiger partial charge on any atom is 0.251 e. The Morgan fingerprint density at radius 3 is 2.12 bits per heavy atom. The Bertz CT molecular complexity index is 698. The second-order valence-corrected chi connectivity index (χ2v) is 7.89. The molecule has 9 heteroatoms. The van der Waals surface area contributed by atoms with E-state index in [0.29, 0.717) is 12.1 Å². The summed E-state index contributed by atoms with van der Waals surface area (Å²) in [6, 6.07) is 5.44. The van der Waals surface area contributed by atoms with Crippen LogP contribution >= 0.6 is 12.4 Å². The normalized spacial score (nSPS) is 16.2. The number of halogens is 1. The average Bonchev–Trinajstić information content (AvgIpc) is 2.95. The molecular formula is C15H22ClN3O4S. The SMILES string of the molecule is Cl.NCC1(NC(=O)c2ccc(S(=O)(=O)CC(N)=O)cc2)CCCC1. The van der Waals surface area contributed by atoms with Crippen molar-refractivity contribution in [3.63, 3.8) is 0 Å². The molecule has 0 unspecified atom stereocenters. The van der Waals surface area contributed by atoms with Crippen LogP contribution in [-0.4, -0.2) is 38.1 Å². The topological polar surface area (TPSA) is 132 Å². The number of rotatable bonds is 6. The molecule has 0 spiro atoms. The van der Waals surface area contributed by atoms with E-state index < -0.39 is 21.5 Å². The van der Waals surface area contributed by atoms with Gasteiger partial charge in [0, 0.05) is 12.1 Å². The summed E-state index contributed by atoms with van der Waals surface area (Å²) in [5.41, 5.74) is 10.7. The van der Waals surface area contributed by atoms with Gasteiger partial charge in [-0.1, -0.05) is 12.8 Å². The molecule has 0 bridgehead atoms. The first-order chi connectivity index (χ1) is 10.8. The van der Waals surface area contributed by atoms with Gasteiger partial charge in [-0.3, -0.25) is 9.59 Å². The van der Waals surface area contributed by atoms with Crippen LogP contribution in [-0.2, 0) is 14.6 Å². The van der Waals surface area contributed by atoms with Gasteiger partial charge in [0.25, 0.3) is 5.91 Å². The first-order valence-electron chi connectivity index (χ1n) is 7.42. The largest absolute Gasteiger partial charge is 0.369 e. The number of hydrogen-bond donors (Lipinski definition) is 3. The van der Waals surface area contributed by atoms with E-state index in [-0.39, 0.29) is 28.7 Å². The molecule has 1 aliphatic carbocycles. The molecule has 24 heavy (non-hydrogen) atoms. The lowest BCUT2D eigenvalue weighted by Crippen LogP contribution is -2.51. The van der Waals surface area contributed by atoms with Gasteiger partial charge >= 0.3 is 0 Å². The molecule has 0 heterocycles. The number of benzene rings is 1. The number of nitrogens with one attached hydrogen (secondary N) is 1. The quantitative estimate of drug-likeness (QED) is 0.660. The van der Waals surface area contributed by atoms with Crippen molar-refractivity contribution in [2.45, 2.75) is 36.1 Å². The zero-order valence-electron chi connectivity index (χ0n) is 13.2.